The highest BCUT2D eigenvalue weighted by Gasteiger charge is 2.16. The summed E-state index contributed by atoms with van der Waals surface area (Å²) in [6.07, 6.45) is 0. The second-order valence-corrected chi connectivity index (χ2v) is 5.50. The second-order valence-electron chi connectivity index (χ2n) is 3.76. The minimum Gasteiger partial charge on any atom is -0.399 e. The molecular formula is C11H14F2N2OS. The van der Waals surface area contributed by atoms with Gasteiger partial charge in [0.05, 0.1) is 11.3 Å². The van der Waals surface area contributed by atoms with Crippen LogP contribution in [0.3, 0.4) is 0 Å². The monoisotopic (exact) mass is 260 g/mol. The van der Waals surface area contributed by atoms with Gasteiger partial charge in [-0.2, -0.15) is 0 Å². The molecule has 1 unspecified atom stereocenters. The molecule has 1 aromatic carbocycles. The van der Waals surface area contributed by atoms with Crippen LogP contribution in [-0.4, -0.2) is 9.46 Å². The van der Waals surface area contributed by atoms with Crippen LogP contribution in [0.4, 0.5) is 14.5 Å². The standard InChI is InChI=1S/C11H14F2N2OS/c1-6(2)17(16)15-9-5-4-8(12)10(7(3)14)11(9)13/h4-6,15H,3,14H2,1-2H3. The third-order valence-electron chi connectivity index (χ3n) is 2.05. The molecule has 0 amide bonds. The van der Waals surface area contributed by atoms with Crippen molar-refractivity contribution in [1.82, 2.24) is 0 Å². The molecule has 0 aromatic heterocycles. The molecule has 0 heterocycles. The molecule has 0 fully saturated rings. The van der Waals surface area contributed by atoms with Crippen molar-refractivity contribution in [3.63, 3.8) is 0 Å². The normalized spacial score (nSPS) is 12.5. The van der Waals surface area contributed by atoms with E-state index in [1.165, 1.54) is 6.07 Å². The predicted molar refractivity (Wildman–Crippen MR) is 66.5 cm³/mol. The molecule has 0 aliphatic carbocycles. The van der Waals surface area contributed by atoms with Crippen LogP contribution in [0.15, 0.2) is 18.7 Å². The zero-order valence-corrected chi connectivity index (χ0v) is 10.4. The van der Waals surface area contributed by atoms with Gasteiger partial charge in [0.1, 0.15) is 16.8 Å². The number of benzene rings is 1. The molecule has 0 radical (unpaired) electrons. The fourth-order valence-electron chi connectivity index (χ4n) is 1.15. The van der Waals surface area contributed by atoms with Gasteiger partial charge in [-0.3, -0.25) is 0 Å². The first-order valence-corrected chi connectivity index (χ1v) is 6.16. The number of hydrogen-bond donors (Lipinski definition) is 2. The number of nitrogens with two attached hydrogens (primary N) is 1. The lowest BCUT2D eigenvalue weighted by Crippen LogP contribution is -2.16. The van der Waals surface area contributed by atoms with E-state index in [1.54, 1.807) is 13.8 Å². The highest BCUT2D eigenvalue weighted by atomic mass is 32.2. The Hall–Kier alpha value is -1.43. The Labute approximate surface area is 101 Å². The third kappa shape index (κ3) is 3.03. The molecule has 0 aliphatic rings. The van der Waals surface area contributed by atoms with Gasteiger partial charge < -0.3 is 10.5 Å². The predicted octanol–water partition coefficient (Wildman–Crippen LogP) is 2.38. The van der Waals surface area contributed by atoms with Crippen LogP contribution in [0.1, 0.15) is 19.4 Å². The summed E-state index contributed by atoms with van der Waals surface area (Å²) in [7, 11) is -1.44. The van der Waals surface area contributed by atoms with Crippen LogP contribution in [-0.2, 0) is 11.0 Å². The van der Waals surface area contributed by atoms with E-state index in [9.17, 15) is 13.0 Å². The Kier molecular flexibility index (Phi) is 4.22. The van der Waals surface area contributed by atoms with E-state index >= 15 is 0 Å². The van der Waals surface area contributed by atoms with Gasteiger partial charge in [-0.15, -0.1) is 0 Å². The Morgan fingerprint density at radius 3 is 2.53 bits per heavy atom. The van der Waals surface area contributed by atoms with Crippen molar-refractivity contribution in [2.75, 3.05) is 4.72 Å². The van der Waals surface area contributed by atoms with Crippen LogP contribution in [0.2, 0.25) is 0 Å². The lowest BCUT2D eigenvalue weighted by molar-refractivity contribution is 0.579. The molecule has 94 valence electrons. The maximum Gasteiger partial charge on any atom is 0.159 e. The summed E-state index contributed by atoms with van der Waals surface area (Å²) in [5, 5.41) is -0.191. The molecule has 0 spiro atoms. The first-order valence-electron chi connectivity index (χ1n) is 4.94. The van der Waals surface area contributed by atoms with Gasteiger partial charge >= 0.3 is 0 Å². The van der Waals surface area contributed by atoms with Gasteiger partial charge in [0, 0.05) is 10.9 Å². The summed E-state index contributed by atoms with van der Waals surface area (Å²) < 4.78 is 41.1. The molecule has 1 aromatic rings. The van der Waals surface area contributed by atoms with E-state index in [2.05, 4.69) is 11.3 Å². The van der Waals surface area contributed by atoms with Crippen molar-refractivity contribution >= 4 is 22.4 Å². The van der Waals surface area contributed by atoms with Gasteiger partial charge in [0.25, 0.3) is 0 Å². The molecule has 0 saturated heterocycles. The molecular weight excluding hydrogens is 246 g/mol. The highest BCUT2D eigenvalue weighted by Crippen LogP contribution is 2.24. The number of hydrogen-bond acceptors (Lipinski definition) is 2. The molecule has 6 heteroatoms. The van der Waals surface area contributed by atoms with Crippen molar-refractivity contribution in [2.24, 2.45) is 5.73 Å². The van der Waals surface area contributed by atoms with E-state index in [4.69, 9.17) is 5.73 Å². The topological polar surface area (TPSA) is 55.1 Å². The van der Waals surface area contributed by atoms with Crippen LogP contribution in [0, 0.1) is 11.6 Å². The second kappa shape index (κ2) is 5.27. The molecule has 1 atom stereocenters. The Morgan fingerprint density at radius 1 is 1.47 bits per heavy atom. The molecule has 3 nitrogen and oxygen atoms in total. The van der Waals surface area contributed by atoms with Crippen LogP contribution in [0.5, 0.6) is 0 Å². The van der Waals surface area contributed by atoms with Crippen molar-refractivity contribution in [1.29, 1.82) is 0 Å². The fourth-order valence-corrected chi connectivity index (χ4v) is 1.76. The quantitative estimate of drug-likeness (QED) is 0.873. The van der Waals surface area contributed by atoms with Crippen LogP contribution < -0.4 is 10.5 Å². The largest absolute Gasteiger partial charge is 0.399 e. The zero-order valence-electron chi connectivity index (χ0n) is 9.59. The van der Waals surface area contributed by atoms with Gasteiger partial charge in [-0.1, -0.05) is 6.58 Å². The Bertz CT molecular complexity index is 475. The van der Waals surface area contributed by atoms with Gasteiger partial charge in [-0.25, -0.2) is 13.0 Å². The van der Waals surface area contributed by atoms with E-state index in [-0.39, 0.29) is 16.6 Å². The summed E-state index contributed by atoms with van der Waals surface area (Å²) in [5.41, 5.74) is 4.64. The van der Waals surface area contributed by atoms with E-state index < -0.39 is 28.2 Å². The summed E-state index contributed by atoms with van der Waals surface area (Å²) in [6, 6.07) is 2.23. The zero-order chi connectivity index (χ0) is 13.2. The molecule has 0 aliphatic heterocycles. The van der Waals surface area contributed by atoms with Crippen molar-refractivity contribution < 1.29 is 13.0 Å². The van der Waals surface area contributed by atoms with Crippen LogP contribution in [0.25, 0.3) is 5.70 Å². The highest BCUT2D eigenvalue weighted by molar-refractivity contribution is 7.86. The number of rotatable bonds is 4. The average molecular weight is 260 g/mol. The Morgan fingerprint density at radius 2 is 2.06 bits per heavy atom. The van der Waals surface area contributed by atoms with Crippen LogP contribution >= 0.6 is 0 Å². The summed E-state index contributed by atoms with van der Waals surface area (Å²) in [5.74, 6) is -1.68. The number of nitrogens with one attached hydrogen (secondary N) is 1. The minimum atomic E-state index is -1.44. The SMILES string of the molecule is C=C(N)c1c(F)ccc(NS(=O)C(C)C)c1F. The van der Waals surface area contributed by atoms with E-state index in [0.29, 0.717) is 0 Å². The molecule has 0 saturated carbocycles. The molecule has 0 bridgehead atoms. The first-order chi connectivity index (χ1) is 7.84. The molecule has 3 N–H and O–H groups in total. The third-order valence-corrected chi connectivity index (χ3v) is 3.33. The Balaban J connectivity index is 3.15. The summed E-state index contributed by atoms with van der Waals surface area (Å²) >= 11 is 0. The van der Waals surface area contributed by atoms with Crippen molar-refractivity contribution in [3.05, 3.63) is 35.9 Å². The lowest BCUT2D eigenvalue weighted by atomic mass is 10.1. The lowest BCUT2D eigenvalue weighted by Gasteiger charge is -2.12. The fraction of sp³-hybridized carbons (Fsp3) is 0.273. The average Bonchev–Trinajstić information content (AvgIpc) is 2.21. The van der Waals surface area contributed by atoms with Crippen molar-refractivity contribution in [3.8, 4) is 0 Å². The molecule has 1 rings (SSSR count). The molecule has 17 heavy (non-hydrogen) atoms. The van der Waals surface area contributed by atoms with Gasteiger partial charge in [0.15, 0.2) is 5.82 Å². The smallest absolute Gasteiger partial charge is 0.159 e. The number of anilines is 1. The maximum atomic E-state index is 13.8. The summed E-state index contributed by atoms with van der Waals surface area (Å²) in [6.45, 7) is 6.73. The minimum absolute atomic E-state index is 0.0555. The number of halogens is 2. The maximum absolute atomic E-state index is 13.8. The van der Waals surface area contributed by atoms with Gasteiger partial charge in [-0.05, 0) is 26.0 Å². The van der Waals surface area contributed by atoms with Crippen molar-refractivity contribution in [2.45, 2.75) is 19.1 Å². The summed E-state index contributed by atoms with van der Waals surface area (Å²) in [4.78, 5) is 0. The van der Waals surface area contributed by atoms with E-state index in [1.807, 2.05) is 0 Å². The van der Waals surface area contributed by atoms with Gasteiger partial charge in [0.2, 0.25) is 0 Å². The van der Waals surface area contributed by atoms with E-state index in [0.717, 1.165) is 6.07 Å². The first kappa shape index (κ1) is 13.6.